The first-order valence-corrected chi connectivity index (χ1v) is 9.07. The molecule has 0 saturated heterocycles. The monoisotopic (exact) mass is 246 g/mol. The van der Waals surface area contributed by atoms with Crippen LogP contribution in [0.15, 0.2) is 30.3 Å². The van der Waals surface area contributed by atoms with Crippen molar-refractivity contribution in [2.24, 2.45) is 0 Å². The third-order valence-corrected chi connectivity index (χ3v) is 9.12. The van der Waals surface area contributed by atoms with Gasteiger partial charge in [-0.15, -0.1) is 0 Å². The summed E-state index contributed by atoms with van der Waals surface area (Å²) in [7, 11) is -1.78. The minimum Gasteiger partial charge on any atom is -0.384 e. The van der Waals surface area contributed by atoms with E-state index in [4.69, 9.17) is 0 Å². The molecule has 0 heterocycles. The van der Waals surface area contributed by atoms with Gasteiger partial charge in [-0.25, -0.2) is 0 Å². The molecule has 1 aromatic carbocycles. The highest BCUT2D eigenvalue weighted by Crippen LogP contribution is 2.37. The van der Waals surface area contributed by atoms with Crippen LogP contribution in [0, 0.1) is 11.8 Å². The Morgan fingerprint density at radius 1 is 1.12 bits per heavy atom. The first-order valence-electron chi connectivity index (χ1n) is 6.00. The van der Waals surface area contributed by atoms with Crippen LogP contribution in [0.2, 0.25) is 18.1 Å². The Labute approximate surface area is 106 Å². The molecule has 2 heteroatoms. The molecule has 0 aliphatic heterocycles. The molecule has 0 spiro atoms. The first-order chi connectivity index (χ1) is 7.75. The molecular formula is C15H22OSi. The topological polar surface area (TPSA) is 20.2 Å². The maximum absolute atomic E-state index is 10.3. The van der Waals surface area contributed by atoms with Crippen molar-refractivity contribution >= 4 is 8.07 Å². The molecule has 1 nitrogen and oxygen atoms in total. The largest absolute Gasteiger partial charge is 0.384 e. The van der Waals surface area contributed by atoms with Gasteiger partial charge in [-0.2, -0.15) is 0 Å². The van der Waals surface area contributed by atoms with Crippen LogP contribution in [-0.2, 0) is 0 Å². The number of aliphatic hydroxyl groups excluding tert-OH is 1. The highest BCUT2D eigenvalue weighted by molar-refractivity contribution is 6.81. The van der Waals surface area contributed by atoms with Crippen molar-refractivity contribution < 1.29 is 5.11 Å². The van der Waals surface area contributed by atoms with Crippen molar-refractivity contribution in [2.45, 2.75) is 44.6 Å². The Morgan fingerprint density at radius 3 is 2.12 bits per heavy atom. The lowest BCUT2D eigenvalue weighted by molar-refractivity contribution is 0.292. The molecule has 1 aromatic rings. The van der Waals surface area contributed by atoms with Crippen LogP contribution in [0.4, 0.5) is 0 Å². The van der Waals surface area contributed by atoms with E-state index in [-0.39, 0.29) is 5.04 Å². The SMILES string of the molecule is CC(C)(C)[Si](C)(C)C(O)C#Cc1ccccc1. The van der Waals surface area contributed by atoms with Crippen LogP contribution in [0.3, 0.4) is 0 Å². The van der Waals surface area contributed by atoms with E-state index in [9.17, 15) is 5.11 Å². The van der Waals surface area contributed by atoms with Crippen molar-refractivity contribution in [3.8, 4) is 11.8 Å². The number of aliphatic hydroxyl groups is 1. The lowest BCUT2D eigenvalue weighted by Gasteiger charge is -2.38. The summed E-state index contributed by atoms with van der Waals surface area (Å²) in [6, 6.07) is 9.82. The van der Waals surface area contributed by atoms with Gasteiger partial charge in [0, 0.05) is 5.56 Å². The molecule has 17 heavy (non-hydrogen) atoms. The summed E-state index contributed by atoms with van der Waals surface area (Å²) in [5, 5.41) is 10.4. The zero-order chi connectivity index (χ0) is 13.1. The van der Waals surface area contributed by atoms with Crippen molar-refractivity contribution in [2.75, 3.05) is 0 Å². The second-order valence-corrected chi connectivity index (χ2v) is 11.5. The molecular weight excluding hydrogens is 224 g/mol. The average Bonchev–Trinajstić information content (AvgIpc) is 2.25. The predicted octanol–water partition coefficient (Wildman–Crippen LogP) is 3.45. The van der Waals surface area contributed by atoms with Crippen LogP contribution in [-0.4, -0.2) is 18.9 Å². The molecule has 0 aliphatic carbocycles. The van der Waals surface area contributed by atoms with E-state index in [1.54, 1.807) is 0 Å². The molecule has 1 atom stereocenters. The van der Waals surface area contributed by atoms with Gasteiger partial charge in [-0.3, -0.25) is 0 Å². The van der Waals surface area contributed by atoms with E-state index < -0.39 is 13.8 Å². The number of hydrogen-bond acceptors (Lipinski definition) is 1. The summed E-state index contributed by atoms with van der Waals surface area (Å²) in [6.07, 6.45) is 0. The summed E-state index contributed by atoms with van der Waals surface area (Å²) < 4.78 is 0. The fraction of sp³-hybridized carbons (Fsp3) is 0.467. The average molecular weight is 246 g/mol. The fourth-order valence-electron chi connectivity index (χ4n) is 1.26. The highest BCUT2D eigenvalue weighted by atomic mass is 28.3. The van der Waals surface area contributed by atoms with E-state index in [1.807, 2.05) is 30.3 Å². The summed E-state index contributed by atoms with van der Waals surface area (Å²) in [5.41, 5.74) is 0.480. The van der Waals surface area contributed by atoms with E-state index in [0.29, 0.717) is 0 Å². The second kappa shape index (κ2) is 5.08. The lowest BCUT2D eigenvalue weighted by Crippen LogP contribution is -2.48. The Kier molecular flexibility index (Phi) is 4.19. The van der Waals surface area contributed by atoms with Gasteiger partial charge in [0.25, 0.3) is 0 Å². The zero-order valence-corrected chi connectivity index (χ0v) is 12.4. The third-order valence-electron chi connectivity index (χ3n) is 3.74. The van der Waals surface area contributed by atoms with Crippen molar-refractivity contribution in [1.29, 1.82) is 0 Å². The molecule has 0 fully saturated rings. The van der Waals surface area contributed by atoms with E-state index in [2.05, 4.69) is 45.7 Å². The fourth-order valence-corrected chi connectivity index (χ4v) is 2.52. The highest BCUT2D eigenvalue weighted by Gasteiger charge is 2.40. The maximum atomic E-state index is 10.3. The van der Waals surface area contributed by atoms with Crippen LogP contribution in [0.1, 0.15) is 26.3 Å². The van der Waals surface area contributed by atoms with Crippen LogP contribution in [0.25, 0.3) is 0 Å². The quantitative estimate of drug-likeness (QED) is 0.594. The Bertz CT molecular complexity index is 418. The van der Waals surface area contributed by atoms with E-state index in [0.717, 1.165) is 5.56 Å². The first kappa shape index (κ1) is 14.0. The molecule has 1 unspecified atom stereocenters. The second-order valence-electron chi connectivity index (χ2n) is 6.01. The maximum Gasteiger partial charge on any atom is 0.103 e. The van der Waals surface area contributed by atoms with Gasteiger partial charge in [0.2, 0.25) is 0 Å². The van der Waals surface area contributed by atoms with Crippen molar-refractivity contribution in [1.82, 2.24) is 0 Å². The Balaban J connectivity index is 2.87. The molecule has 1 rings (SSSR count). The number of benzene rings is 1. The molecule has 0 aromatic heterocycles. The smallest absolute Gasteiger partial charge is 0.103 e. The summed E-state index contributed by atoms with van der Waals surface area (Å²) in [4.78, 5) is 0. The molecule has 92 valence electrons. The number of hydrogen-bond donors (Lipinski definition) is 1. The minimum absolute atomic E-state index is 0.151. The lowest BCUT2D eigenvalue weighted by atomic mass is 10.2. The standard InChI is InChI=1S/C15H22OSi/c1-15(2,3)17(4,5)14(16)12-11-13-9-7-6-8-10-13/h6-10,14,16H,1-5H3. The summed E-state index contributed by atoms with van der Waals surface area (Å²) in [5.74, 6) is 6.07. The Morgan fingerprint density at radius 2 is 1.65 bits per heavy atom. The zero-order valence-electron chi connectivity index (χ0n) is 11.4. The molecule has 0 aliphatic rings. The molecule has 0 bridgehead atoms. The molecule has 0 radical (unpaired) electrons. The van der Waals surface area contributed by atoms with Crippen LogP contribution < -0.4 is 0 Å². The van der Waals surface area contributed by atoms with Gasteiger partial charge in [0.15, 0.2) is 0 Å². The van der Waals surface area contributed by atoms with Crippen LogP contribution in [0.5, 0.6) is 0 Å². The van der Waals surface area contributed by atoms with Gasteiger partial charge in [0.05, 0.1) is 0 Å². The van der Waals surface area contributed by atoms with Crippen molar-refractivity contribution in [3.05, 3.63) is 35.9 Å². The molecule has 0 amide bonds. The van der Waals surface area contributed by atoms with Gasteiger partial charge < -0.3 is 5.11 Å². The van der Waals surface area contributed by atoms with E-state index >= 15 is 0 Å². The molecule has 1 N–H and O–H groups in total. The van der Waals surface area contributed by atoms with Crippen LogP contribution >= 0.6 is 0 Å². The predicted molar refractivity (Wildman–Crippen MR) is 76.5 cm³/mol. The van der Waals surface area contributed by atoms with Gasteiger partial charge in [-0.05, 0) is 17.2 Å². The Hall–Kier alpha value is -1.04. The minimum atomic E-state index is -1.78. The van der Waals surface area contributed by atoms with Gasteiger partial charge in [-0.1, -0.05) is 63.9 Å². The van der Waals surface area contributed by atoms with Gasteiger partial charge >= 0.3 is 0 Å². The number of rotatable bonds is 1. The van der Waals surface area contributed by atoms with Crippen molar-refractivity contribution in [3.63, 3.8) is 0 Å². The van der Waals surface area contributed by atoms with E-state index in [1.165, 1.54) is 0 Å². The summed E-state index contributed by atoms with van der Waals surface area (Å²) in [6.45, 7) is 10.9. The normalized spacial score (nSPS) is 13.8. The summed E-state index contributed by atoms with van der Waals surface area (Å²) >= 11 is 0. The molecule has 0 saturated carbocycles. The third kappa shape index (κ3) is 3.46. The van der Waals surface area contributed by atoms with Gasteiger partial charge in [0.1, 0.15) is 13.8 Å².